The average molecular weight is 391 g/mol. The van der Waals surface area contributed by atoms with Crippen LogP contribution in [0.5, 0.6) is 5.75 Å². The van der Waals surface area contributed by atoms with E-state index in [2.05, 4.69) is 19.2 Å². The summed E-state index contributed by atoms with van der Waals surface area (Å²) in [6.45, 7) is 5.70. The van der Waals surface area contributed by atoms with E-state index in [0.29, 0.717) is 5.75 Å². The first-order chi connectivity index (χ1) is 13.9. The van der Waals surface area contributed by atoms with Crippen molar-refractivity contribution in [1.82, 2.24) is 0 Å². The standard InChI is InChI=1S/C24H25NO4/c1-15(2)19-11-7-8-16(3)23(19)25-22(26)14-29-24(27)20-12-17-9-5-6-10-18(17)13-21(20)28-4/h5-13,15H,14H2,1-4H3,(H,25,26). The predicted octanol–water partition coefficient (Wildman–Crippen LogP) is 5.08. The Morgan fingerprint density at radius 3 is 2.34 bits per heavy atom. The summed E-state index contributed by atoms with van der Waals surface area (Å²) in [5, 5.41) is 4.73. The molecule has 0 aromatic heterocycles. The number of nitrogens with one attached hydrogen (secondary N) is 1. The van der Waals surface area contributed by atoms with E-state index in [-0.39, 0.29) is 24.0 Å². The monoisotopic (exact) mass is 391 g/mol. The molecule has 0 atom stereocenters. The summed E-state index contributed by atoms with van der Waals surface area (Å²) in [5.74, 6) is -0.310. The van der Waals surface area contributed by atoms with Crippen LogP contribution in [0.1, 0.15) is 41.3 Å². The fourth-order valence-electron chi connectivity index (χ4n) is 3.27. The van der Waals surface area contributed by atoms with Gasteiger partial charge in [0.2, 0.25) is 0 Å². The number of fused-ring (bicyclic) bond motifs is 1. The molecule has 0 radical (unpaired) electrons. The summed E-state index contributed by atoms with van der Waals surface area (Å²) in [5.41, 5.74) is 3.07. The molecule has 0 aliphatic heterocycles. The van der Waals surface area contributed by atoms with Crippen LogP contribution in [0.25, 0.3) is 10.8 Å². The summed E-state index contributed by atoms with van der Waals surface area (Å²) in [6, 6.07) is 17.0. The quantitative estimate of drug-likeness (QED) is 0.596. The second-order valence-corrected chi connectivity index (χ2v) is 7.22. The maximum absolute atomic E-state index is 12.6. The lowest BCUT2D eigenvalue weighted by Gasteiger charge is -2.16. The number of benzene rings is 3. The molecule has 0 bridgehead atoms. The molecule has 0 fully saturated rings. The molecule has 150 valence electrons. The van der Waals surface area contributed by atoms with Gasteiger partial charge in [-0.3, -0.25) is 4.79 Å². The SMILES string of the molecule is COc1cc2ccccc2cc1C(=O)OCC(=O)Nc1c(C)cccc1C(C)C. The van der Waals surface area contributed by atoms with Gasteiger partial charge in [-0.05, 0) is 46.9 Å². The molecule has 0 aliphatic carbocycles. The van der Waals surface area contributed by atoms with E-state index < -0.39 is 5.97 Å². The molecule has 0 saturated heterocycles. The fourth-order valence-corrected chi connectivity index (χ4v) is 3.27. The molecule has 5 nitrogen and oxygen atoms in total. The Hall–Kier alpha value is -3.34. The van der Waals surface area contributed by atoms with E-state index >= 15 is 0 Å². The zero-order valence-electron chi connectivity index (χ0n) is 17.1. The second kappa shape index (κ2) is 8.78. The van der Waals surface area contributed by atoms with Gasteiger partial charge in [-0.2, -0.15) is 0 Å². The van der Waals surface area contributed by atoms with Crippen molar-refractivity contribution >= 4 is 28.3 Å². The largest absolute Gasteiger partial charge is 0.496 e. The first kappa shape index (κ1) is 20.4. The van der Waals surface area contributed by atoms with Crippen molar-refractivity contribution in [2.45, 2.75) is 26.7 Å². The molecular weight excluding hydrogens is 366 g/mol. The lowest BCUT2D eigenvalue weighted by Crippen LogP contribution is -2.22. The Kier molecular flexibility index (Phi) is 6.17. The van der Waals surface area contributed by atoms with E-state index in [0.717, 1.165) is 27.6 Å². The third-order valence-electron chi connectivity index (χ3n) is 4.81. The number of esters is 1. The third kappa shape index (κ3) is 4.57. The minimum absolute atomic E-state index is 0.259. The van der Waals surface area contributed by atoms with Crippen LogP contribution < -0.4 is 10.1 Å². The smallest absolute Gasteiger partial charge is 0.342 e. The highest BCUT2D eigenvalue weighted by Gasteiger charge is 2.18. The number of hydrogen-bond donors (Lipinski definition) is 1. The van der Waals surface area contributed by atoms with Crippen molar-refractivity contribution < 1.29 is 19.1 Å². The normalized spacial score (nSPS) is 10.8. The van der Waals surface area contributed by atoms with E-state index in [1.807, 2.05) is 49.4 Å². The highest BCUT2D eigenvalue weighted by atomic mass is 16.5. The van der Waals surface area contributed by atoms with Gasteiger partial charge < -0.3 is 14.8 Å². The van der Waals surface area contributed by atoms with E-state index in [1.54, 1.807) is 12.1 Å². The molecule has 0 heterocycles. The van der Waals surface area contributed by atoms with Crippen LogP contribution in [0.3, 0.4) is 0 Å². The molecule has 3 rings (SSSR count). The molecule has 0 unspecified atom stereocenters. The molecule has 1 amide bonds. The van der Waals surface area contributed by atoms with Gasteiger partial charge in [-0.1, -0.05) is 56.3 Å². The van der Waals surface area contributed by atoms with Gasteiger partial charge in [0.1, 0.15) is 11.3 Å². The summed E-state index contributed by atoms with van der Waals surface area (Å²) in [4.78, 5) is 25.0. The van der Waals surface area contributed by atoms with Crippen LogP contribution in [0, 0.1) is 6.92 Å². The Morgan fingerprint density at radius 1 is 1.00 bits per heavy atom. The molecule has 3 aromatic rings. The number of ether oxygens (including phenoxy) is 2. The molecular formula is C24H25NO4. The van der Waals surface area contributed by atoms with E-state index in [9.17, 15) is 9.59 Å². The molecule has 3 aromatic carbocycles. The lowest BCUT2D eigenvalue weighted by atomic mass is 9.98. The van der Waals surface area contributed by atoms with Crippen molar-refractivity contribution in [3.63, 3.8) is 0 Å². The summed E-state index contributed by atoms with van der Waals surface area (Å²) in [7, 11) is 1.50. The Balaban J connectivity index is 1.73. The van der Waals surface area contributed by atoms with Gasteiger partial charge in [-0.15, -0.1) is 0 Å². The Labute approximate surface area is 170 Å². The van der Waals surface area contributed by atoms with E-state index in [1.165, 1.54) is 7.11 Å². The number of amides is 1. The topological polar surface area (TPSA) is 64.6 Å². The van der Waals surface area contributed by atoms with Crippen LogP contribution in [-0.4, -0.2) is 25.6 Å². The van der Waals surface area contributed by atoms with Crippen LogP contribution in [0.4, 0.5) is 5.69 Å². The summed E-state index contributed by atoms with van der Waals surface area (Å²) < 4.78 is 10.6. The van der Waals surface area contributed by atoms with Crippen molar-refractivity contribution in [2.75, 3.05) is 19.0 Å². The molecule has 0 saturated carbocycles. The maximum Gasteiger partial charge on any atom is 0.342 e. The molecule has 5 heteroatoms. The van der Waals surface area contributed by atoms with Crippen molar-refractivity contribution in [3.05, 3.63) is 71.3 Å². The Morgan fingerprint density at radius 2 is 1.69 bits per heavy atom. The number of aryl methyl sites for hydroxylation is 1. The van der Waals surface area contributed by atoms with Gasteiger partial charge in [-0.25, -0.2) is 4.79 Å². The minimum atomic E-state index is -0.600. The second-order valence-electron chi connectivity index (χ2n) is 7.22. The zero-order valence-corrected chi connectivity index (χ0v) is 17.1. The molecule has 0 spiro atoms. The van der Waals surface area contributed by atoms with Gasteiger partial charge in [0, 0.05) is 5.69 Å². The number of para-hydroxylation sites is 1. The lowest BCUT2D eigenvalue weighted by molar-refractivity contribution is -0.119. The third-order valence-corrected chi connectivity index (χ3v) is 4.81. The minimum Gasteiger partial charge on any atom is -0.496 e. The number of hydrogen-bond acceptors (Lipinski definition) is 4. The fraction of sp³-hybridized carbons (Fsp3) is 0.250. The summed E-state index contributed by atoms with van der Waals surface area (Å²) >= 11 is 0. The highest BCUT2D eigenvalue weighted by molar-refractivity contribution is 6.00. The first-order valence-corrected chi connectivity index (χ1v) is 9.54. The number of rotatable bonds is 6. The molecule has 29 heavy (non-hydrogen) atoms. The number of carbonyl (C=O) groups is 2. The van der Waals surface area contributed by atoms with E-state index in [4.69, 9.17) is 9.47 Å². The van der Waals surface area contributed by atoms with Crippen LogP contribution in [0.2, 0.25) is 0 Å². The predicted molar refractivity (Wildman–Crippen MR) is 115 cm³/mol. The van der Waals surface area contributed by atoms with Gasteiger partial charge >= 0.3 is 5.97 Å². The zero-order chi connectivity index (χ0) is 21.0. The number of anilines is 1. The number of carbonyl (C=O) groups excluding carboxylic acids is 2. The molecule has 0 aliphatic rings. The van der Waals surface area contributed by atoms with Crippen LogP contribution in [-0.2, 0) is 9.53 Å². The molecule has 1 N–H and O–H groups in total. The van der Waals surface area contributed by atoms with Crippen LogP contribution in [0.15, 0.2) is 54.6 Å². The van der Waals surface area contributed by atoms with Crippen molar-refractivity contribution in [2.24, 2.45) is 0 Å². The summed E-state index contributed by atoms with van der Waals surface area (Å²) in [6.07, 6.45) is 0. The Bertz CT molecular complexity index is 1060. The van der Waals surface area contributed by atoms with Crippen molar-refractivity contribution in [1.29, 1.82) is 0 Å². The van der Waals surface area contributed by atoms with Crippen molar-refractivity contribution in [3.8, 4) is 5.75 Å². The maximum atomic E-state index is 12.6. The highest BCUT2D eigenvalue weighted by Crippen LogP contribution is 2.28. The van der Waals surface area contributed by atoms with Crippen LogP contribution >= 0.6 is 0 Å². The van der Waals surface area contributed by atoms with Gasteiger partial charge in [0.05, 0.1) is 7.11 Å². The average Bonchev–Trinajstić information content (AvgIpc) is 2.72. The first-order valence-electron chi connectivity index (χ1n) is 9.54. The number of methoxy groups -OCH3 is 1. The van der Waals surface area contributed by atoms with Gasteiger partial charge in [0.15, 0.2) is 6.61 Å². The van der Waals surface area contributed by atoms with Gasteiger partial charge in [0.25, 0.3) is 5.91 Å².